The summed E-state index contributed by atoms with van der Waals surface area (Å²) in [6.45, 7) is 7.04. The number of carbonyl (C=O) groups is 1. The van der Waals surface area contributed by atoms with Gasteiger partial charge in [0, 0.05) is 20.1 Å². The summed E-state index contributed by atoms with van der Waals surface area (Å²) < 4.78 is 5.33. The third-order valence-corrected chi connectivity index (χ3v) is 3.79. The number of rotatable bonds is 7. The van der Waals surface area contributed by atoms with E-state index in [1.165, 1.54) is 12.8 Å². The minimum atomic E-state index is 0.118. The van der Waals surface area contributed by atoms with Crippen LogP contribution in [0.5, 0.6) is 0 Å². The second-order valence-corrected chi connectivity index (χ2v) is 5.55. The van der Waals surface area contributed by atoms with Gasteiger partial charge in [0.15, 0.2) is 0 Å². The van der Waals surface area contributed by atoms with Crippen molar-refractivity contribution >= 4 is 5.91 Å². The molecule has 4 nitrogen and oxygen atoms in total. The van der Waals surface area contributed by atoms with Crippen molar-refractivity contribution in [3.05, 3.63) is 0 Å². The number of methoxy groups -OCH3 is 1. The Morgan fingerprint density at radius 2 is 2.06 bits per heavy atom. The van der Waals surface area contributed by atoms with Crippen LogP contribution in [0.4, 0.5) is 0 Å². The summed E-state index contributed by atoms with van der Waals surface area (Å²) in [6, 6.07) is 0. The van der Waals surface area contributed by atoms with Gasteiger partial charge in [-0.15, -0.1) is 0 Å². The quantitative estimate of drug-likeness (QED) is 0.726. The number of ether oxygens (including phenoxy) is 1. The zero-order valence-corrected chi connectivity index (χ0v) is 12.0. The lowest BCUT2D eigenvalue weighted by Gasteiger charge is -2.23. The van der Waals surface area contributed by atoms with Gasteiger partial charge in [-0.2, -0.15) is 0 Å². The second-order valence-electron chi connectivity index (χ2n) is 5.55. The maximum absolute atomic E-state index is 11.7. The minimum Gasteiger partial charge on any atom is -0.379 e. The summed E-state index contributed by atoms with van der Waals surface area (Å²) in [4.78, 5) is 11.7. The first-order valence-electron chi connectivity index (χ1n) is 7.13. The average molecular weight is 256 g/mol. The van der Waals surface area contributed by atoms with Gasteiger partial charge in [-0.3, -0.25) is 4.79 Å². The van der Waals surface area contributed by atoms with E-state index in [9.17, 15) is 4.79 Å². The van der Waals surface area contributed by atoms with E-state index in [1.54, 1.807) is 7.11 Å². The molecule has 1 heterocycles. The topological polar surface area (TPSA) is 50.4 Å². The first-order chi connectivity index (χ1) is 8.63. The van der Waals surface area contributed by atoms with Crippen LogP contribution in [0.3, 0.4) is 0 Å². The van der Waals surface area contributed by atoms with Crippen molar-refractivity contribution in [2.75, 3.05) is 26.7 Å². The lowest BCUT2D eigenvalue weighted by molar-refractivity contribution is -0.122. The van der Waals surface area contributed by atoms with Crippen molar-refractivity contribution in [3.8, 4) is 0 Å². The molecular formula is C14H28N2O2. The molecule has 18 heavy (non-hydrogen) atoms. The Balaban J connectivity index is 2.12. The zero-order valence-electron chi connectivity index (χ0n) is 12.0. The smallest absolute Gasteiger partial charge is 0.220 e. The molecule has 2 N–H and O–H groups in total. The Hall–Kier alpha value is -0.610. The summed E-state index contributed by atoms with van der Waals surface area (Å²) >= 11 is 0. The van der Waals surface area contributed by atoms with Gasteiger partial charge in [-0.05, 0) is 44.2 Å². The lowest BCUT2D eigenvalue weighted by Crippen LogP contribution is -2.36. The van der Waals surface area contributed by atoms with Gasteiger partial charge in [0.05, 0.1) is 6.10 Å². The SMILES string of the molecule is COC(CNC(=O)CCC1CCNCC1)C(C)C. The van der Waals surface area contributed by atoms with E-state index in [0.717, 1.165) is 25.4 Å². The standard InChI is InChI=1S/C14H28N2O2/c1-11(2)13(18-3)10-16-14(17)5-4-12-6-8-15-9-7-12/h11-13,15H,4-10H2,1-3H3,(H,16,17). The highest BCUT2D eigenvalue weighted by atomic mass is 16.5. The molecule has 1 saturated heterocycles. The maximum Gasteiger partial charge on any atom is 0.220 e. The van der Waals surface area contributed by atoms with Crippen LogP contribution in [0.1, 0.15) is 39.5 Å². The van der Waals surface area contributed by atoms with Gasteiger partial charge in [0.1, 0.15) is 0 Å². The van der Waals surface area contributed by atoms with Crippen molar-refractivity contribution < 1.29 is 9.53 Å². The average Bonchev–Trinajstić information content (AvgIpc) is 2.38. The molecule has 0 bridgehead atoms. The van der Waals surface area contributed by atoms with Crippen molar-refractivity contribution in [1.82, 2.24) is 10.6 Å². The number of piperidine rings is 1. The summed E-state index contributed by atoms with van der Waals surface area (Å²) in [5, 5.41) is 6.32. The largest absolute Gasteiger partial charge is 0.379 e. The van der Waals surface area contributed by atoms with Crippen molar-refractivity contribution in [1.29, 1.82) is 0 Å². The molecule has 4 heteroatoms. The normalized spacial score (nSPS) is 18.9. The van der Waals surface area contributed by atoms with Crippen molar-refractivity contribution in [3.63, 3.8) is 0 Å². The van der Waals surface area contributed by atoms with Crippen LogP contribution in [0, 0.1) is 11.8 Å². The Morgan fingerprint density at radius 1 is 1.39 bits per heavy atom. The predicted octanol–water partition coefficient (Wildman–Crippen LogP) is 1.55. The molecule has 0 aromatic heterocycles. The summed E-state index contributed by atoms with van der Waals surface area (Å²) in [5.74, 6) is 1.32. The first kappa shape index (κ1) is 15.4. The van der Waals surface area contributed by atoms with E-state index in [1.807, 2.05) is 0 Å². The minimum absolute atomic E-state index is 0.118. The molecule has 1 atom stereocenters. The molecule has 1 unspecified atom stereocenters. The fourth-order valence-electron chi connectivity index (χ4n) is 2.40. The summed E-state index contributed by atoms with van der Waals surface area (Å²) in [6.07, 6.45) is 4.21. The molecule has 0 saturated carbocycles. The van der Waals surface area contributed by atoms with Crippen LogP contribution >= 0.6 is 0 Å². The highest BCUT2D eigenvalue weighted by Crippen LogP contribution is 2.17. The van der Waals surface area contributed by atoms with Gasteiger partial charge in [-0.1, -0.05) is 13.8 Å². The van der Waals surface area contributed by atoms with E-state index >= 15 is 0 Å². The third kappa shape index (κ3) is 5.83. The molecule has 0 spiro atoms. The Bertz CT molecular complexity index is 238. The number of amides is 1. The van der Waals surface area contributed by atoms with E-state index in [0.29, 0.717) is 18.9 Å². The first-order valence-corrected chi connectivity index (χ1v) is 7.13. The van der Waals surface area contributed by atoms with Gasteiger partial charge < -0.3 is 15.4 Å². The van der Waals surface area contributed by atoms with E-state index < -0.39 is 0 Å². The molecule has 0 aromatic carbocycles. The summed E-state index contributed by atoms with van der Waals surface area (Å²) in [7, 11) is 1.70. The fraction of sp³-hybridized carbons (Fsp3) is 0.929. The van der Waals surface area contributed by atoms with Crippen LogP contribution in [-0.2, 0) is 9.53 Å². The summed E-state index contributed by atoms with van der Waals surface area (Å²) in [5.41, 5.74) is 0. The van der Waals surface area contributed by atoms with E-state index in [4.69, 9.17) is 4.74 Å². The fourth-order valence-corrected chi connectivity index (χ4v) is 2.40. The molecule has 1 rings (SSSR count). The van der Waals surface area contributed by atoms with Crippen LogP contribution in [0.2, 0.25) is 0 Å². The van der Waals surface area contributed by atoms with E-state index in [2.05, 4.69) is 24.5 Å². The maximum atomic E-state index is 11.7. The van der Waals surface area contributed by atoms with Crippen molar-refractivity contribution in [2.45, 2.75) is 45.6 Å². The molecule has 106 valence electrons. The van der Waals surface area contributed by atoms with Crippen LogP contribution in [0.15, 0.2) is 0 Å². The second kappa shape index (κ2) is 8.48. The molecule has 0 radical (unpaired) electrons. The molecule has 1 aliphatic rings. The van der Waals surface area contributed by atoms with Gasteiger partial charge in [-0.25, -0.2) is 0 Å². The molecule has 0 aliphatic carbocycles. The third-order valence-electron chi connectivity index (χ3n) is 3.79. The Kier molecular flexibility index (Phi) is 7.28. The number of hydrogen-bond acceptors (Lipinski definition) is 3. The zero-order chi connectivity index (χ0) is 13.4. The van der Waals surface area contributed by atoms with Crippen molar-refractivity contribution in [2.24, 2.45) is 11.8 Å². The lowest BCUT2D eigenvalue weighted by atomic mass is 9.93. The van der Waals surface area contributed by atoms with Gasteiger partial charge in [0.25, 0.3) is 0 Å². The number of nitrogens with one attached hydrogen (secondary N) is 2. The van der Waals surface area contributed by atoms with Crippen LogP contribution in [0.25, 0.3) is 0 Å². The predicted molar refractivity (Wildman–Crippen MR) is 73.5 cm³/mol. The monoisotopic (exact) mass is 256 g/mol. The molecular weight excluding hydrogens is 228 g/mol. The Morgan fingerprint density at radius 3 is 2.61 bits per heavy atom. The molecule has 0 aromatic rings. The number of carbonyl (C=O) groups excluding carboxylic acids is 1. The Labute approximate surface area is 111 Å². The van der Waals surface area contributed by atoms with Gasteiger partial charge >= 0.3 is 0 Å². The molecule has 1 aliphatic heterocycles. The molecule has 1 amide bonds. The molecule has 1 fully saturated rings. The highest BCUT2D eigenvalue weighted by Gasteiger charge is 2.16. The van der Waals surface area contributed by atoms with E-state index in [-0.39, 0.29) is 12.0 Å². The van der Waals surface area contributed by atoms with Gasteiger partial charge in [0.2, 0.25) is 5.91 Å². The number of hydrogen-bond donors (Lipinski definition) is 2. The van der Waals surface area contributed by atoms with Crippen LogP contribution < -0.4 is 10.6 Å². The highest BCUT2D eigenvalue weighted by molar-refractivity contribution is 5.75. The van der Waals surface area contributed by atoms with Crippen LogP contribution in [-0.4, -0.2) is 38.8 Å².